The molecule has 1 unspecified atom stereocenters. The van der Waals surface area contributed by atoms with Gasteiger partial charge in [-0.2, -0.15) is 0 Å². The van der Waals surface area contributed by atoms with Crippen molar-refractivity contribution in [2.75, 3.05) is 38.4 Å². The molecule has 9 heteroatoms. The average Bonchev–Trinajstić information content (AvgIpc) is 2.95. The van der Waals surface area contributed by atoms with Crippen molar-refractivity contribution >= 4 is 33.4 Å². The van der Waals surface area contributed by atoms with E-state index in [0.717, 1.165) is 0 Å². The number of carbonyl (C=O) groups is 1. The molecule has 2 heterocycles. The zero-order chi connectivity index (χ0) is 16.5. The van der Waals surface area contributed by atoms with Crippen LogP contribution in [0, 0.1) is 0 Å². The Bertz CT molecular complexity index is 680. The third-order valence-corrected chi connectivity index (χ3v) is 5.27. The van der Waals surface area contributed by atoms with Crippen LogP contribution in [0.2, 0.25) is 5.02 Å². The summed E-state index contributed by atoms with van der Waals surface area (Å²) in [5.74, 6) is 0.00221. The van der Waals surface area contributed by atoms with E-state index in [-0.39, 0.29) is 11.6 Å². The summed E-state index contributed by atoms with van der Waals surface area (Å²) in [6.07, 6.45) is 3.29. The molecule has 0 radical (unpaired) electrons. The largest absolute Gasteiger partial charge is 0.465 e. The van der Waals surface area contributed by atoms with Gasteiger partial charge in [-0.05, 0) is 12.5 Å². The minimum absolute atomic E-state index is 0.0105. The van der Waals surface area contributed by atoms with E-state index in [4.69, 9.17) is 11.6 Å². The van der Waals surface area contributed by atoms with Crippen molar-refractivity contribution in [3.63, 3.8) is 0 Å². The van der Waals surface area contributed by atoms with Gasteiger partial charge in [0.1, 0.15) is 5.82 Å². The van der Waals surface area contributed by atoms with Crippen LogP contribution in [0.25, 0.3) is 0 Å². The number of esters is 1. The minimum Gasteiger partial charge on any atom is -0.465 e. The summed E-state index contributed by atoms with van der Waals surface area (Å²) in [6, 6.07) is 1.49. The average molecular weight is 348 g/mol. The quantitative estimate of drug-likeness (QED) is 0.756. The maximum absolute atomic E-state index is 11.6. The molecule has 1 atom stereocenters. The van der Waals surface area contributed by atoms with E-state index in [9.17, 15) is 13.2 Å². The normalized spacial score (nSPS) is 19.2. The second-order valence-corrected chi connectivity index (χ2v) is 7.59. The molecule has 1 saturated heterocycles. The number of rotatable bonds is 4. The Hall–Kier alpha value is -1.38. The van der Waals surface area contributed by atoms with Crippen LogP contribution in [-0.4, -0.2) is 63.2 Å². The first-order chi connectivity index (χ1) is 10.2. The van der Waals surface area contributed by atoms with Gasteiger partial charge in [-0.15, -0.1) is 0 Å². The van der Waals surface area contributed by atoms with E-state index < -0.39 is 16.0 Å². The number of ether oxygens (including phenoxy) is 1. The number of likely N-dealkylation sites (N-methyl/N-ethyl adjacent to an activating group) is 1. The van der Waals surface area contributed by atoms with Gasteiger partial charge in [0.15, 0.2) is 0 Å². The fourth-order valence-corrected chi connectivity index (χ4v) is 3.60. The van der Waals surface area contributed by atoms with Crippen molar-refractivity contribution in [2.24, 2.45) is 0 Å². The first-order valence-electron chi connectivity index (χ1n) is 6.66. The maximum atomic E-state index is 11.6. The number of hydrogen-bond acceptors (Lipinski definition) is 6. The smallest absolute Gasteiger partial charge is 0.339 e. The van der Waals surface area contributed by atoms with Crippen LogP contribution in [0.5, 0.6) is 0 Å². The molecule has 7 nitrogen and oxygen atoms in total. The van der Waals surface area contributed by atoms with Crippen molar-refractivity contribution in [3.05, 3.63) is 22.8 Å². The predicted octanol–water partition coefficient (Wildman–Crippen LogP) is 0.992. The molecule has 0 saturated carbocycles. The summed E-state index contributed by atoms with van der Waals surface area (Å²) in [5, 5.41) is 0.322. The van der Waals surface area contributed by atoms with Gasteiger partial charge in [0.25, 0.3) is 0 Å². The fraction of sp³-hybridized carbons (Fsp3) is 0.538. The molecule has 1 aromatic rings. The van der Waals surface area contributed by atoms with Crippen LogP contribution < -0.4 is 4.90 Å². The van der Waals surface area contributed by atoms with Crippen LogP contribution in [0.1, 0.15) is 16.8 Å². The zero-order valence-electron chi connectivity index (χ0n) is 12.6. The number of aromatic nitrogens is 1. The van der Waals surface area contributed by atoms with Crippen LogP contribution >= 0.6 is 11.6 Å². The van der Waals surface area contributed by atoms with E-state index in [1.165, 1.54) is 29.9 Å². The lowest BCUT2D eigenvalue weighted by atomic mass is 10.2. The summed E-state index contributed by atoms with van der Waals surface area (Å²) in [6.45, 7) is 0.873. The van der Waals surface area contributed by atoms with Gasteiger partial charge in [-0.1, -0.05) is 11.6 Å². The third-order valence-electron chi connectivity index (χ3n) is 3.72. The van der Waals surface area contributed by atoms with Gasteiger partial charge in [0.05, 0.1) is 24.0 Å². The van der Waals surface area contributed by atoms with Gasteiger partial charge >= 0.3 is 5.97 Å². The molecule has 1 aliphatic rings. The van der Waals surface area contributed by atoms with E-state index in [0.29, 0.717) is 30.4 Å². The Morgan fingerprint density at radius 3 is 2.73 bits per heavy atom. The highest BCUT2D eigenvalue weighted by Crippen LogP contribution is 2.28. The van der Waals surface area contributed by atoms with Crippen molar-refractivity contribution < 1.29 is 17.9 Å². The lowest BCUT2D eigenvalue weighted by molar-refractivity contribution is 0.0600. The van der Waals surface area contributed by atoms with Crippen molar-refractivity contribution in [1.82, 2.24) is 9.29 Å². The summed E-state index contributed by atoms with van der Waals surface area (Å²) in [4.78, 5) is 17.5. The summed E-state index contributed by atoms with van der Waals surface area (Å²) >= 11 is 6.19. The second kappa shape index (κ2) is 6.39. The number of anilines is 1. The molecule has 22 heavy (non-hydrogen) atoms. The molecule has 0 amide bonds. The number of nitrogens with zero attached hydrogens (tertiary/aromatic N) is 3. The van der Waals surface area contributed by atoms with Crippen LogP contribution in [0.4, 0.5) is 5.82 Å². The highest BCUT2D eigenvalue weighted by atomic mass is 35.5. The first kappa shape index (κ1) is 17.0. The monoisotopic (exact) mass is 347 g/mol. The maximum Gasteiger partial charge on any atom is 0.339 e. The van der Waals surface area contributed by atoms with E-state index in [2.05, 4.69) is 9.72 Å². The third kappa shape index (κ3) is 3.50. The van der Waals surface area contributed by atoms with Crippen LogP contribution in [-0.2, 0) is 14.8 Å². The highest BCUT2D eigenvalue weighted by Gasteiger charge is 2.32. The molecule has 1 aromatic heterocycles. The Kier molecular flexibility index (Phi) is 4.93. The van der Waals surface area contributed by atoms with E-state index >= 15 is 0 Å². The molecular weight excluding hydrogens is 330 g/mol. The Balaban J connectivity index is 2.17. The standard InChI is InChI=1S/C13H18ClN3O4S/c1-16(10-4-5-17(8-10)22(3,19)20)12-11(14)6-9(7-15-12)13(18)21-2/h6-7,10H,4-5,8H2,1-3H3. The molecular formula is C13H18ClN3O4S. The van der Waals surface area contributed by atoms with Crippen LogP contribution in [0.15, 0.2) is 12.3 Å². The van der Waals surface area contributed by atoms with Gasteiger partial charge in [0, 0.05) is 32.4 Å². The van der Waals surface area contributed by atoms with Gasteiger partial charge in [-0.3, -0.25) is 0 Å². The molecule has 0 bridgehead atoms. The van der Waals surface area contributed by atoms with Gasteiger partial charge < -0.3 is 9.64 Å². The molecule has 2 rings (SSSR count). The van der Waals surface area contributed by atoms with Crippen molar-refractivity contribution in [3.8, 4) is 0 Å². The number of halogens is 1. The van der Waals surface area contributed by atoms with E-state index in [1.54, 1.807) is 0 Å². The second-order valence-electron chi connectivity index (χ2n) is 5.20. The van der Waals surface area contributed by atoms with Crippen molar-refractivity contribution in [2.45, 2.75) is 12.5 Å². The Morgan fingerprint density at radius 2 is 2.23 bits per heavy atom. The Labute approximate surface area is 134 Å². The van der Waals surface area contributed by atoms with E-state index in [1.807, 2.05) is 11.9 Å². The molecule has 0 aromatic carbocycles. The molecule has 0 spiro atoms. The summed E-state index contributed by atoms with van der Waals surface area (Å²) in [7, 11) is -0.0963. The predicted molar refractivity (Wildman–Crippen MR) is 83.8 cm³/mol. The topological polar surface area (TPSA) is 79.8 Å². The molecule has 0 N–H and O–H groups in total. The first-order valence-corrected chi connectivity index (χ1v) is 8.88. The van der Waals surface area contributed by atoms with Crippen LogP contribution in [0.3, 0.4) is 0 Å². The van der Waals surface area contributed by atoms with Gasteiger partial charge in [-0.25, -0.2) is 22.5 Å². The molecule has 1 fully saturated rings. The number of carbonyl (C=O) groups excluding carboxylic acids is 1. The molecule has 1 aliphatic heterocycles. The Morgan fingerprint density at radius 1 is 1.55 bits per heavy atom. The minimum atomic E-state index is -3.19. The number of sulfonamides is 1. The number of hydrogen-bond donors (Lipinski definition) is 0. The fourth-order valence-electron chi connectivity index (χ4n) is 2.42. The highest BCUT2D eigenvalue weighted by molar-refractivity contribution is 7.88. The molecule has 122 valence electrons. The van der Waals surface area contributed by atoms with Gasteiger partial charge in [0.2, 0.25) is 10.0 Å². The summed E-state index contributed by atoms with van der Waals surface area (Å²) < 4.78 is 29.2. The van der Waals surface area contributed by atoms with Crippen molar-refractivity contribution in [1.29, 1.82) is 0 Å². The number of methoxy groups -OCH3 is 1. The number of pyridine rings is 1. The lowest BCUT2D eigenvalue weighted by Crippen LogP contribution is -2.36. The molecule has 0 aliphatic carbocycles. The zero-order valence-corrected chi connectivity index (χ0v) is 14.2. The summed E-state index contributed by atoms with van der Waals surface area (Å²) in [5.41, 5.74) is 0.272. The SMILES string of the molecule is COC(=O)c1cnc(N(C)C2CCN(S(C)(=O)=O)C2)c(Cl)c1. The lowest BCUT2D eigenvalue weighted by Gasteiger charge is -2.26.